The van der Waals surface area contributed by atoms with Gasteiger partial charge < -0.3 is 15.3 Å². The highest BCUT2D eigenvalue weighted by atomic mass is 16.4. The van der Waals surface area contributed by atoms with Crippen LogP contribution in [0.1, 0.15) is 41.2 Å². The molecule has 2 fully saturated rings. The number of rotatable bonds is 5. The summed E-state index contributed by atoms with van der Waals surface area (Å²) in [5, 5.41) is 12.1. The average molecular weight is 392 g/mol. The molecule has 0 radical (unpaired) electrons. The van der Waals surface area contributed by atoms with Crippen LogP contribution in [0.3, 0.4) is 0 Å². The third kappa shape index (κ3) is 3.88. The molecule has 1 aliphatic heterocycles. The quantitative estimate of drug-likeness (QED) is 0.819. The molecule has 1 saturated carbocycles. The number of piperidine rings is 1. The van der Waals surface area contributed by atoms with E-state index in [0.717, 1.165) is 5.56 Å². The molecule has 2 unspecified atom stereocenters. The Labute approximate surface area is 169 Å². The molecule has 0 aromatic heterocycles. The fourth-order valence-corrected chi connectivity index (χ4v) is 4.34. The van der Waals surface area contributed by atoms with Crippen LogP contribution >= 0.6 is 0 Å². The van der Waals surface area contributed by atoms with Gasteiger partial charge in [0.25, 0.3) is 5.91 Å². The van der Waals surface area contributed by atoms with E-state index >= 15 is 0 Å². The number of hydrogen-bond donors (Lipinski definition) is 2. The highest BCUT2D eigenvalue weighted by molar-refractivity contribution is 5.97. The second kappa shape index (κ2) is 7.70. The van der Waals surface area contributed by atoms with Crippen LogP contribution in [0.2, 0.25) is 0 Å². The monoisotopic (exact) mass is 392 g/mol. The Hall–Kier alpha value is -3.15. The zero-order chi connectivity index (χ0) is 20.4. The Balaban J connectivity index is 1.49. The number of nitrogens with zero attached hydrogens (tertiary/aromatic N) is 1. The largest absolute Gasteiger partial charge is 0.481 e. The molecule has 4 rings (SSSR count). The van der Waals surface area contributed by atoms with Crippen molar-refractivity contribution in [1.82, 2.24) is 10.2 Å². The number of likely N-dealkylation sites (tertiary alicyclic amines) is 1. The Kier molecular flexibility index (Phi) is 5.09. The maximum Gasteiger partial charge on any atom is 0.307 e. The van der Waals surface area contributed by atoms with E-state index in [9.17, 15) is 19.5 Å². The second-order valence-corrected chi connectivity index (χ2v) is 7.97. The van der Waals surface area contributed by atoms with Crippen molar-refractivity contribution in [2.45, 2.75) is 25.3 Å². The highest BCUT2D eigenvalue weighted by Crippen LogP contribution is 2.59. The number of nitrogens with one attached hydrogen (secondary N) is 1. The van der Waals surface area contributed by atoms with Gasteiger partial charge in [0.15, 0.2) is 0 Å². The van der Waals surface area contributed by atoms with Gasteiger partial charge >= 0.3 is 5.97 Å². The third-order valence-electron chi connectivity index (χ3n) is 6.25. The SMILES string of the molecule is O=C(NC(C(=O)N1CCC2(CC1)CC2C(=O)O)c1ccccc1)c1ccccc1. The van der Waals surface area contributed by atoms with Crippen LogP contribution in [0.4, 0.5) is 0 Å². The van der Waals surface area contributed by atoms with E-state index in [1.807, 2.05) is 36.4 Å². The van der Waals surface area contributed by atoms with Crippen molar-refractivity contribution in [3.63, 3.8) is 0 Å². The van der Waals surface area contributed by atoms with Crippen molar-refractivity contribution in [2.24, 2.45) is 11.3 Å². The number of amides is 2. The molecule has 1 saturated heterocycles. The number of hydrogen-bond acceptors (Lipinski definition) is 3. The number of carbonyl (C=O) groups excluding carboxylic acids is 2. The molecule has 2 aromatic carbocycles. The smallest absolute Gasteiger partial charge is 0.307 e. The first kappa shape index (κ1) is 19.2. The summed E-state index contributed by atoms with van der Waals surface area (Å²) in [6.45, 7) is 1.04. The van der Waals surface area contributed by atoms with Gasteiger partial charge in [0.2, 0.25) is 5.91 Å². The van der Waals surface area contributed by atoms with Gasteiger partial charge in [-0.05, 0) is 42.4 Å². The van der Waals surface area contributed by atoms with E-state index in [1.54, 1.807) is 29.2 Å². The first-order valence-electron chi connectivity index (χ1n) is 9.93. The van der Waals surface area contributed by atoms with E-state index < -0.39 is 12.0 Å². The summed E-state index contributed by atoms with van der Waals surface area (Å²) in [4.78, 5) is 39.0. The maximum absolute atomic E-state index is 13.3. The fourth-order valence-electron chi connectivity index (χ4n) is 4.34. The van der Waals surface area contributed by atoms with Crippen molar-refractivity contribution in [3.05, 3.63) is 71.8 Å². The van der Waals surface area contributed by atoms with Crippen LogP contribution in [0, 0.1) is 11.3 Å². The summed E-state index contributed by atoms with van der Waals surface area (Å²) in [6.07, 6.45) is 2.10. The van der Waals surface area contributed by atoms with Gasteiger partial charge in [0, 0.05) is 18.7 Å². The number of carboxylic acids is 1. The predicted molar refractivity (Wildman–Crippen MR) is 107 cm³/mol. The number of benzene rings is 2. The summed E-state index contributed by atoms with van der Waals surface area (Å²) < 4.78 is 0. The van der Waals surface area contributed by atoms with E-state index in [4.69, 9.17) is 0 Å². The topological polar surface area (TPSA) is 86.7 Å². The average Bonchev–Trinajstić information content (AvgIpc) is 3.47. The second-order valence-electron chi connectivity index (χ2n) is 7.97. The third-order valence-corrected chi connectivity index (χ3v) is 6.25. The summed E-state index contributed by atoms with van der Waals surface area (Å²) in [5.41, 5.74) is 1.09. The van der Waals surface area contributed by atoms with Gasteiger partial charge in [-0.1, -0.05) is 48.5 Å². The minimum Gasteiger partial charge on any atom is -0.481 e. The summed E-state index contributed by atoms with van der Waals surface area (Å²) in [5.74, 6) is -1.46. The van der Waals surface area contributed by atoms with Crippen molar-refractivity contribution in [1.29, 1.82) is 0 Å². The van der Waals surface area contributed by atoms with E-state index in [1.165, 1.54) is 0 Å². The first-order valence-corrected chi connectivity index (χ1v) is 9.93. The van der Waals surface area contributed by atoms with Crippen LogP contribution < -0.4 is 5.32 Å². The van der Waals surface area contributed by atoms with Crippen LogP contribution in [0.15, 0.2) is 60.7 Å². The molecule has 2 N–H and O–H groups in total. The molecule has 29 heavy (non-hydrogen) atoms. The van der Waals surface area contributed by atoms with Gasteiger partial charge in [-0.15, -0.1) is 0 Å². The molecule has 0 bridgehead atoms. The molecule has 2 aliphatic rings. The predicted octanol–water partition coefficient (Wildman–Crippen LogP) is 2.87. The molecule has 2 aromatic rings. The molecular formula is C23H24N2O4. The molecule has 1 aliphatic carbocycles. The molecule has 1 heterocycles. The molecule has 1 spiro atoms. The van der Waals surface area contributed by atoms with Gasteiger partial charge in [-0.2, -0.15) is 0 Å². The first-order chi connectivity index (χ1) is 14.0. The van der Waals surface area contributed by atoms with Gasteiger partial charge in [0.1, 0.15) is 6.04 Å². The standard InChI is InChI=1S/C23H24N2O4/c26-20(17-9-5-2-6-10-17)24-19(16-7-3-1-4-8-16)21(27)25-13-11-23(12-14-25)15-18(23)22(28)29/h1-10,18-19H,11-15H2,(H,24,26)(H,28,29). The summed E-state index contributed by atoms with van der Waals surface area (Å²) >= 11 is 0. The minimum atomic E-state index is -0.771. The molecule has 2 atom stereocenters. The van der Waals surface area contributed by atoms with E-state index in [2.05, 4.69) is 5.32 Å². The number of carbonyl (C=O) groups is 3. The van der Waals surface area contributed by atoms with Crippen molar-refractivity contribution >= 4 is 17.8 Å². The van der Waals surface area contributed by atoms with Crippen LogP contribution in [0.25, 0.3) is 0 Å². The Morgan fingerprint density at radius 2 is 1.55 bits per heavy atom. The van der Waals surface area contributed by atoms with Crippen LogP contribution in [0.5, 0.6) is 0 Å². The van der Waals surface area contributed by atoms with E-state index in [-0.39, 0.29) is 23.1 Å². The summed E-state index contributed by atoms with van der Waals surface area (Å²) in [7, 11) is 0. The number of aliphatic carboxylic acids is 1. The Morgan fingerprint density at radius 1 is 0.966 bits per heavy atom. The molecule has 6 heteroatoms. The van der Waals surface area contributed by atoms with Gasteiger partial charge in [-0.25, -0.2) is 0 Å². The van der Waals surface area contributed by atoms with Crippen molar-refractivity contribution in [3.8, 4) is 0 Å². The van der Waals surface area contributed by atoms with Crippen LogP contribution in [-0.2, 0) is 9.59 Å². The van der Waals surface area contributed by atoms with Crippen molar-refractivity contribution < 1.29 is 19.5 Å². The fraction of sp³-hybridized carbons (Fsp3) is 0.348. The Morgan fingerprint density at radius 3 is 2.10 bits per heavy atom. The number of carboxylic acid groups (broad SMARTS) is 1. The Bertz CT molecular complexity index is 905. The zero-order valence-electron chi connectivity index (χ0n) is 16.1. The zero-order valence-corrected chi connectivity index (χ0v) is 16.1. The lowest BCUT2D eigenvalue weighted by Gasteiger charge is -2.35. The minimum absolute atomic E-state index is 0.141. The molecule has 150 valence electrons. The normalized spacial score (nSPS) is 20.7. The lowest BCUT2D eigenvalue weighted by molar-refractivity contribution is -0.140. The van der Waals surface area contributed by atoms with Gasteiger partial charge in [-0.3, -0.25) is 14.4 Å². The van der Waals surface area contributed by atoms with Gasteiger partial charge in [0.05, 0.1) is 5.92 Å². The molecule has 2 amide bonds. The lowest BCUT2D eigenvalue weighted by Crippen LogP contribution is -2.46. The molecule has 6 nitrogen and oxygen atoms in total. The van der Waals surface area contributed by atoms with Crippen LogP contribution in [-0.4, -0.2) is 40.9 Å². The van der Waals surface area contributed by atoms with Crippen molar-refractivity contribution in [2.75, 3.05) is 13.1 Å². The lowest BCUT2D eigenvalue weighted by atomic mass is 9.90. The highest BCUT2D eigenvalue weighted by Gasteiger charge is 2.59. The maximum atomic E-state index is 13.3. The molecular weight excluding hydrogens is 368 g/mol. The summed E-state index contributed by atoms with van der Waals surface area (Å²) in [6, 6.07) is 17.3. The van der Waals surface area contributed by atoms with E-state index in [0.29, 0.717) is 37.9 Å².